The van der Waals surface area contributed by atoms with E-state index in [0.29, 0.717) is 16.0 Å². The molecule has 2 rings (SSSR count). The molecule has 1 fully saturated rings. The summed E-state index contributed by atoms with van der Waals surface area (Å²) < 4.78 is 5.59. The molecule has 7 heteroatoms. The normalized spacial score (nSPS) is 23.0. The van der Waals surface area contributed by atoms with Gasteiger partial charge in [0, 0.05) is 5.75 Å². The van der Waals surface area contributed by atoms with Crippen molar-refractivity contribution in [3.05, 3.63) is 22.2 Å². The highest BCUT2D eigenvalue weighted by atomic mass is 79.9. The summed E-state index contributed by atoms with van der Waals surface area (Å²) in [5, 5.41) is 21.5. The minimum Gasteiger partial charge on any atom is -0.503 e. The Hall–Kier alpha value is -0.920. The molecule has 0 radical (unpaired) electrons. The number of rotatable bonds is 3. The fourth-order valence-corrected chi connectivity index (χ4v) is 3.38. The highest BCUT2D eigenvalue weighted by molar-refractivity contribution is 9.10. The third-order valence-corrected chi connectivity index (χ3v) is 4.53. The van der Waals surface area contributed by atoms with E-state index in [1.165, 1.54) is 18.9 Å². The summed E-state index contributed by atoms with van der Waals surface area (Å²) in [7, 11) is 1.47. The van der Waals surface area contributed by atoms with Crippen LogP contribution in [0.15, 0.2) is 16.6 Å². The Labute approximate surface area is 117 Å². The second-order valence-corrected chi connectivity index (χ2v) is 5.82. The number of benzene rings is 1. The van der Waals surface area contributed by atoms with E-state index in [4.69, 9.17) is 9.84 Å². The van der Waals surface area contributed by atoms with E-state index in [0.717, 1.165) is 5.56 Å². The summed E-state index contributed by atoms with van der Waals surface area (Å²) in [6.07, 6.45) is 0. The lowest BCUT2D eigenvalue weighted by atomic mass is 10.2. The van der Waals surface area contributed by atoms with Crippen LogP contribution in [0.5, 0.6) is 11.5 Å². The van der Waals surface area contributed by atoms with Gasteiger partial charge in [0.05, 0.1) is 17.0 Å². The second-order valence-electron chi connectivity index (χ2n) is 3.82. The van der Waals surface area contributed by atoms with Crippen LogP contribution in [0.2, 0.25) is 0 Å². The van der Waals surface area contributed by atoms with Crippen molar-refractivity contribution in [2.75, 3.05) is 12.9 Å². The molecule has 0 aliphatic carbocycles. The molecular formula is C11H12BrNO4S. The fraction of sp³-hybridized carbons (Fsp3) is 0.364. The average Bonchev–Trinajstić information content (AvgIpc) is 2.82. The van der Waals surface area contributed by atoms with Crippen LogP contribution < -0.4 is 10.1 Å². The summed E-state index contributed by atoms with van der Waals surface area (Å²) in [5.41, 5.74) is 0.866. The van der Waals surface area contributed by atoms with Gasteiger partial charge in [0.15, 0.2) is 11.5 Å². The Bertz CT molecular complexity index is 482. The van der Waals surface area contributed by atoms with Crippen molar-refractivity contribution < 1.29 is 19.7 Å². The van der Waals surface area contributed by atoms with Crippen molar-refractivity contribution in [1.29, 1.82) is 0 Å². The lowest BCUT2D eigenvalue weighted by Gasteiger charge is -2.14. The molecule has 1 heterocycles. The molecule has 0 bridgehead atoms. The number of aromatic hydroxyl groups is 1. The van der Waals surface area contributed by atoms with Crippen molar-refractivity contribution >= 4 is 33.7 Å². The van der Waals surface area contributed by atoms with Crippen LogP contribution in [0.25, 0.3) is 0 Å². The molecule has 18 heavy (non-hydrogen) atoms. The van der Waals surface area contributed by atoms with E-state index in [1.807, 2.05) is 0 Å². The van der Waals surface area contributed by atoms with Crippen LogP contribution >= 0.6 is 27.7 Å². The van der Waals surface area contributed by atoms with Gasteiger partial charge in [-0.1, -0.05) is 0 Å². The third-order valence-electron chi connectivity index (χ3n) is 2.65. The number of thioether (sulfide) groups is 1. The van der Waals surface area contributed by atoms with E-state index >= 15 is 0 Å². The first kappa shape index (κ1) is 13.5. The van der Waals surface area contributed by atoms with Gasteiger partial charge in [-0.05, 0) is 33.6 Å². The summed E-state index contributed by atoms with van der Waals surface area (Å²) in [5.74, 6) is 0.0651. The molecule has 0 spiro atoms. The predicted octanol–water partition coefficient (Wildman–Crippen LogP) is 1.95. The maximum Gasteiger partial charge on any atom is 0.321 e. The number of hydrogen-bond donors (Lipinski definition) is 3. The molecule has 5 nitrogen and oxygen atoms in total. The van der Waals surface area contributed by atoms with Gasteiger partial charge in [0.1, 0.15) is 6.04 Å². The molecular weight excluding hydrogens is 322 g/mol. The molecule has 0 unspecified atom stereocenters. The Morgan fingerprint density at radius 1 is 1.61 bits per heavy atom. The zero-order valence-corrected chi connectivity index (χ0v) is 11.9. The van der Waals surface area contributed by atoms with Crippen LogP contribution in [-0.2, 0) is 4.79 Å². The summed E-state index contributed by atoms with van der Waals surface area (Å²) in [4.78, 5) is 10.9. The average molecular weight is 334 g/mol. The highest BCUT2D eigenvalue weighted by Gasteiger charge is 2.31. The number of ether oxygens (including phenoxy) is 1. The number of carboxylic acid groups (broad SMARTS) is 1. The quantitative estimate of drug-likeness (QED) is 0.784. The van der Waals surface area contributed by atoms with Crippen LogP contribution in [-0.4, -0.2) is 35.1 Å². The number of nitrogens with one attached hydrogen (secondary N) is 1. The molecule has 1 saturated heterocycles. The molecule has 1 aliphatic rings. The molecule has 0 aromatic heterocycles. The fourth-order valence-electron chi connectivity index (χ4n) is 1.71. The van der Waals surface area contributed by atoms with Crippen molar-refractivity contribution in [2.24, 2.45) is 0 Å². The van der Waals surface area contributed by atoms with Crippen LogP contribution in [0.4, 0.5) is 0 Å². The zero-order chi connectivity index (χ0) is 13.3. The minimum atomic E-state index is -0.852. The number of halogens is 1. The van der Waals surface area contributed by atoms with Crippen molar-refractivity contribution in [2.45, 2.75) is 11.4 Å². The maximum absolute atomic E-state index is 10.9. The van der Waals surface area contributed by atoms with Crippen LogP contribution in [0.3, 0.4) is 0 Å². The van der Waals surface area contributed by atoms with Crippen molar-refractivity contribution in [3.8, 4) is 11.5 Å². The molecule has 0 saturated carbocycles. The number of phenolic OH excluding ortho intramolecular Hbond substituents is 1. The van der Waals surface area contributed by atoms with Gasteiger partial charge in [0.2, 0.25) is 0 Å². The maximum atomic E-state index is 10.9. The van der Waals surface area contributed by atoms with E-state index in [9.17, 15) is 9.90 Å². The Kier molecular flexibility index (Phi) is 4.04. The molecule has 1 aromatic rings. The Balaban J connectivity index is 2.25. The number of methoxy groups -OCH3 is 1. The van der Waals surface area contributed by atoms with E-state index < -0.39 is 12.0 Å². The number of hydrogen-bond acceptors (Lipinski definition) is 5. The number of carboxylic acids is 1. The predicted molar refractivity (Wildman–Crippen MR) is 72.1 cm³/mol. The summed E-state index contributed by atoms with van der Waals surface area (Å²) >= 11 is 4.76. The van der Waals surface area contributed by atoms with Crippen LogP contribution in [0.1, 0.15) is 10.9 Å². The number of phenols is 1. The first-order valence-electron chi connectivity index (χ1n) is 5.19. The molecule has 1 aliphatic heterocycles. The third kappa shape index (κ3) is 2.57. The number of carbonyl (C=O) groups is 1. The lowest BCUT2D eigenvalue weighted by molar-refractivity contribution is -0.138. The molecule has 2 atom stereocenters. The van der Waals surface area contributed by atoms with E-state index in [1.54, 1.807) is 12.1 Å². The van der Waals surface area contributed by atoms with Gasteiger partial charge in [0.25, 0.3) is 0 Å². The molecule has 0 amide bonds. The summed E-state index contributed by atoms with van der Waals surface area (Å²) in [6.45, 7) is 0. The van der Waals surface area contributed by atoms with Crippen molar-refractivity contribution in [1.82, 2.24) is 5.32 Å². The van der Waals surface area contributed by atoms with Crippen LogP contribution in [0, 0.1) is 0 Å². The topological polar surface area (TPSA) is 78.8 Å². The molecule has 98 valence electrons. The molecule has 1 aromatic carbocycles. The largest absolute Gasteiger partial charge is 0.503 e. The first-order valence-corrected chi connectivity index (χ1v) is 7.04. The van der Waals surface area contributed by atoms with Crippen molar-refractivity contribution in [3.63, 3.8) is 0 Å². The zero-order valence-electron chi connectivity index (χ0n) is 9.51. The van der Waals surface area contributed by atoms with Gasteiger partial charge in [-0.15, -0.1) is 11.8 Å². The van der Waals surface area contributed by atoms with Gasteiger partial charge < -0.3 is 14.9 Å². The van der Waals surface area contributed by atoms with Gasteiger partial charge in [-0.25, -0.2) is 0 Å². The van der Waals surface area contributed by atoms with E-state index in [2.05, 4.69) is 21.2 Å². The SMILES string of the molecule is COc1cc([C@H]2N[C@@H](C(=O)O)CS2)cc(Br)c1O. The first-order chi connectivity index (χ1) is 8.52. The Morgan fingerprint density at radius 3 is 2.89 bits per heavy atom. The smallest absolute Gasteiger partial charge is 0.321 e. The van der Waals surface area contributed by atoms with E-state index in [-0.39, 0.29) is 11.1 Å². The Morgan fingerprint density at radius 2 is 2.33 bits per heavy atom. The monoisotopic (exact) mass is 333 g/mol. The highest BCUT2D eigenvalue weighted by Crippen LogP contribution is 2.41. The number of aliphatic carboxylic acids is 1. The standard InChI is InChI=1S/C11H12BrNO4S/c1-17-8-3-5(2-6(12)9(8)14)10-13-7(4-18-10)11(15)16/h2-3,7,10,13-14H,4H2,1H3,(H,15,16)/t7-,10+/m1/s1. The van der Waals surface area contributed by atoms with Gasteiger partial charge in [-0.3, -0.25) is 10.1 Å². The van der Waals surface area contributed by atoms with Gasteiger partial charge in [-0.2, -0.15) is 0 Å². The summed E-state index contributed by atoms with van der Waals surface area (Å²) in [6, 6.07) is 2.92. The second kappa shape index (κ2) is 5.38. The molecule has 3 N–H and O–H groups in total. The minimum absolute atomic E-state index is 0.0408. The lowest BCUT2D eigenvalue weighted by Crippen LogP contribution is -2.33. The van der Waals surface area contributed by atoms with Gasteiger partial charge >= 0.3 is 5.97 Å².